The second-order valence-electron chi connectivity index (χ2n) is 0.856. The van der Waals surface area contributed by atoms with Crippen LogP contribution in [0.15, 0.2) is 31.5 Å². The van der Waals surface area contributed by atoms with Crippen molar-refractivity contribution in [3.05, 3.63) is 31.5 Å². The van der Waals surface area contributed by atoms with Crippen LogP contribution in [0.5, 0.6) is 0 Å². The lowest BCUT2D eigenvalue weighted by molar-refractivity contribution is -0.113. The van der Waals surface area contributed by atoms with Gasteiger partial charge in [0.1, 0.15) is 0 Å². The van der Waals surface area contributed by atoms with Gasteiger partial charge < -0.3 is 5.73 Å². The first kappa shape index (κ1) is 9.88. The highest BCUT2D eigenvalue weighted by atomic mass is 16.1. The van der Waals surface area contributed by atoms with Gasteiger partial charge in [-0.25, -0.2) is 0 Å². The van der Waals surface area contributed by atoms with Crippen molar-refractivity contribution < 1.29 is 4.79 Å². The summed E-state index contributed by atoms with van der Waals surface area (Å²) in [6.07, 6.45) is 1.06. The van der Waals surface area contributed by atoms with Gasteiger partial charge in [0, 0.05) is 0 Å². The zero-order chi connectivity index (χ0) is 6.99. The van der Waals surface area contributed by atoms with Crippen molar-refractivity contribution in [1.82, 2.24) is 0 Å². The zero-order valence-electron chi connectivity index (χ0n) is 4.68. The largest absolute Gasteiger partial charge is 0.366 e. The van der Waals surface area contributed by atoms with Crippen LogP contribution in [0.25, 0.3) is 0 Å². The summed E-state index contributed by atoms with van der Waals surface area (Å²) in [4.78, 5) is 9.47. The van der Waals surface area contributed by atoms with Gasteiger partial charge >= 0.3 is 0 Å². The van der Waals surface area contributed by atoms with Crippen LogP contribution < -0.4 is 5.73 Å². The quantitative estimate of drug-likeness (QED) is 0.391. The predicted octanol–water partition coefficient (Wildman–Crippen LogP) is 0.615. The Labute approximate surface area is 49.0 Å². The van der Waals surface area contributed by atoms with Gasteiger partial charge in [-0.05, 0) is 6.08 Å². The molecule has 2 N–H and O–H groups in total. The summed E-state index contributed by atoms with van der Waals surface area (Å²) in [5.74, 6) is -0.481. The van der Waals surface area contributed by atoms with Crippen LogP contribution >= 0.6 is 0 Å². The molecule has 0 unspecified atom stereocenters. The minimum absolute atomic E-state index is 0.481. The first-order valence-electron chi connectivity index (χ1n) is 1.90. The van der Waals surface area contributed by atoms with Gasteiger partial charge in [0.05, 0.1) is 0 Å². The van der Waals surface area contributed by atoms with Gasteiger partial charge in [-0.3, -0.25) is 4.79 Å². The molecule has 0 aromatic carbocycles. The number of rotatable bonds is 1. The van der Waals surface area contributed by atoms with E-state index in [9.17, 15) is 4.79 Å². The molecule has 0 atom stereocenters. The normalized spacial score (nSPS) is 5.00. The Hall–Kier alpha value is -1.27. The molecule has 44 valence electrons. The highest BCUT2D eigenvalue weighted by Gasteiger charge is 1.69. The fourth-order valence-electron chi connectivity index (χ4n) is 0. The SMILES string of the molecule is C=C=C.C=CC(N)=O. The second-order valence-corrected chi connectivity index (χ2v) is 0.856. The molecular weight excluding hydrogens is 102 g/mol. The van der Waals surface area contributed by atoms with E-state index in [2.05, 4.69) is 31.2 Å². The number of hydrogen-bond donors (Lipinski definition) is 1. The molecule has 0 spiro atoms. The zero-order valence-corrected chi connectivity index (χ0v) is 4.68. The smallest absolute Gasteiger partial charge is 0.240 e. The van der Waals surface area contributed by atoms with E-state index in [0.717, 1.165) is 6.08 Å². The van der Waals surface area contributed by atoms with Crippen molar-refractivity contribution in [2.75, 3.05) is 0 Å². The molecule has 0 rings (SSSR count). The molecule has 0 saturated carbocycles. The predicted molar refractivity (Wildman–Crippen MR) is 34.2 cm³/mol. The maximum Gasteiger partial charge on any atom is 0.240 e. The van der Waals surface area contributed by atoms with Crippen LogP contribution in [-0.2, 0) is 4.79 Å². The van der Waals surface area contributed by atoms with Crippen molar-refractivity contribution >= 4 is 5.91 Å². The molecule has 0 heterocycles. The summed E-state index contributed by atoms with van der Waals surface area (Å²) < 4.78 is 0. The van der Waals surface area contributed by atoms with Crippen LogP contribution in [0, 0.1) is 0 Å². The third-order valence-corrected chi connectivity index (χ3v) is 0.201. The minimum Gasteiger partial charge on any atom is -0.366 e. The average molecular weight is 111 g/mol. The Balaban J connectivity index is 0. The Morgan fingerprint density at radius 3 is 1.75 bits per heavy atom. The second kappa shape index (κ2) is 9.21. The van der Waals surface area contributed by atoms with Gasteiger partial charge in [-0.15, -0.1) is 5.73 Å². The third kappa shape index (κ3) is 123. The lowest BCUT2D eigenvalue weighted by Gasteiger charge is -1.65. The van der Waals surface area contributed by atoms with E-state index in [1.165, 1.54) is 0 Å². The Morgan fingerprint density at radius 2 is 1.75 bits per heavy atom. The van der Waals surface area contributed by atoms with Crippen molar-refractivity contribution in [2.24, 2.45) is 5.73 Å². The first-order valence-corrected chi connectivity index (χ1v) is 1.90. The third-order valence-electron chi connectivity index (χ3n) is 0.201. The fourth-order valence-corrected chi connectivity index (χ4v) is 0. The Kier molecular flexibility index (Phi) is 11.4. The van der Waals surface area contributed by atoms with Crippen LogP contribution in [0.3, 0.4) is 0 Å². The van der Waals surface area contributed by atoms with Crippen molar-refractivity contribution in [3.8, 4) is 0 Å². The van der Waals surface area contributed by atoms with Gasteiger partial charge in [0.25, 0.3) is 0 Å². The molecule has 0 aliphatic carbocycles. The van der Waals surface area contributed by atoms with Crippen molar-refractivity contribution in [3.63, 3.8) is 0 Å². The molecule has 0 aromatic heterocycles. The van der Waals surface area contributed by atoms with Gasteiger partial charge in [-0.1, -0.05) is 19.7 Å². The van der Waals surface area contributed by atoms with E-state index in [4.69, 9.17) is 0 Å². The molecule has 0 fully saturated rings. The Bertz CT molecular complexity index is 110. The standard InChI is InChI=1S/C3H5NO.C3H4/c1-2-3(4)5;1-3-2/h2H,1H2,(H2,4,5);1-2H2. The first-order chi connectivity index (χ1) is 3.68. The van der Waals surface area contributed by atoms with Gasteiger partial charge in [-0.2, -0.15) is 0 Å². The minimum atomic E-state index is -0.481. The molecular formula is C6H9NO. The summed E-state index contributed by atoms with van der Waals surface area (Å²) in [7, 11) is 0. The molecule has 2 nitrogen and oxygen atoms in total. The monoisotopic (exact) mass is 111 g/mol. The summed E-state index contributed by atoms with van der Waals surface area (Å²) in [5.41, 5.74) is 6.78. The molecule has 0 bridgehead atoms. The van der Waals surface area contributed by atoms with E-state index in [1.807, 2.05) is 0 Å². The molecule has 0 saturated heterocycles. The van der Waals surface area contributed by atoms with Crippen LogP contribution in [0.1, 0.15) is 0 Å². The number of primary amides is 1. The molecule has 0 aliphatic heterocycles. The summed E-state index contributed by atoms with van der Waals surface area (Å²) in [6.45, 7) is 9.34. The summed E-state index contributed by atoms with van der Waals surface area (Å²) in [5, 5.41) is 0. The van der Waals surface area contributed by atoms with E-state index in [-0.39, 0.29) is 0 Å². The van der Waals surface area contributed by atoms with E-state index in [1.54, 1.807) is 0 Å². The van der Waals surface area contributed by atoms with Gasteiger partial charge in [0.15, 0.2) is 0 Å². The lowest BCUT2D eigenvalue weighted by Crippen LogP contribution is -2.04. The topological polar surface area (TPSA) is 43.1 Å². The molecule has 8 heavy (non-hydrogen) atoms. The van der Waals surface area contributed by atoms with E-state index in [0.29, 0.717) is 0 Å². The highest BCUT2D eigenvalue weighted by molar-refractivity contribution is 5.84. The molecule has 0 radical (unpaired) electrons. The van der Waals surface area contributed by atoms with E-state index >= 15 is 0 Å². The molecule has 1 amide bonds. The molecule has 2 heteroatoms. The van der Waals surface area contributed by atoms with E-state index < -0.39 is 5.91 Å². The van der Waals surface area contributed by atoms with Gasteiger partial charge in [0.2, 0.25) is 5.91 Å². The maximum absolute atomic E-state index is 9.47. The molecule has 0 aliphatic rings. The summed E-state index contributed by atoms with van der Waals surface area (Å²) >= 11 is 0. The highest BCUT2D eigenvalue weighted by Crippen LogP contribution is 1.48. The van der Waals surface area contributed by atoms with Crippen LogP contribution in [0.4, 0.5) is 0 Å². The number of nitrogens with two attached hydrogens (primary N) is 1. The van der Waals surface area contributed by atoms with Crippen LogP contribution in [0.2, 0.25) is 0 Å². The number of hydrogen-bond acceptors (Lipinski definition) is 1. The maximum atomic E-state index is 9.47. The number of carbonyl (C=O) groups excluding carboxylic acids is 1. The van der Waals surface area contributed by atoms with Crippen molar-refractivity contribution in [1.29, 1.82) is 0 Å². The number of carbonyl (C=O) groups is 1. The Morgan fingerprint density at radius 1 is 1.62 bits per heavy atom. The van der Waals surface area contributed by atoms with Crippen LogP contribution in [-0.4, -0.2) is 5.91 Å². The number of amides is 1. The lowest BCUT2D eigenvalue weighted by atomic mass is 10.6. The summed E-state index contributed by atoms with van der Waals surface area (Å²) in [6, 6.07) is 0. The molecule has 0 aromatic rings. The fraction of sp³-hybridized carbons (Fsp3) is 0. The van der Waals surface area contributed by atoms with Crippen molar-refractivity contribution in [2.45, 2.75) is 0 Å². The average Bonchev–Trinajstić information content (AvgIpc) is 1.69.